The summed E-state index contributed by atoms with van der Waals surface area (Å²) in [4.78, 5) is 0. The van der Waals surface area contributed by atoms with Gasteiger partial charge in [0.25, 0.3) is 0 Å². The van der Waals surface area contributed by atoms with Crippen LogP contribution in [0, 0.1) is 0 Å². The Kier molecular flexibility index (Phi) is 5.31. The Morgan fingerprint density at radius 3 is 2.24 bits per heavy atom. The molecule has 0 spiro atoms. The predicted molar refractivity (Wildman–Crippen MR) is 83.8 cm³/mol. The smallest absolute Gasteiger partial charge is 0.210 e. The van der Waals surface area contributed by atoms with Crippen LogP contribution in [-0.2, 0) is 6.54 Å². The van der Waals surface area contributed by atoms with Crippen LogP contribution in [0.2, 0.25) is 5.02 Å². The first-order chi connectivity index (χ1) is 10.2. The van der Waals surface area contributed by atoms with Crippen LogP contribution in [0.1, 0.15) is 5.56 Å². The maximum Gasteiger partial charge on any atom is 0.210 e. The molecule has 0 radical (unpaired) electrons. The van der Waals surface area contributed by atoms with Crippen LogP contribution in [0.5, 0.6) is 23.0 Å². The first-order valence-electron chi connectivity index (χ1n) is 6.51. The summed E-state index contributed by atoms with van der Waals surface area (Å²) in [5, 5.41) is 3.71. The highest BCUT2D eigenvalue weighted by molar-refractivity contribution is 6.31. The number of ether oxygens (including phenoxy) is 3. The average Bonchev–Trinajstić information content (AvgIpc) is 2.50. The highest BCUT2D eigenvalue weighted by Gasteiger charge is 2.13. The molecule has 0 fully saturated rings. The highest BCUT2D eigenvalue weighted by Crippen LogP contribution is 2.40. The third-order valence-electron chi connectivity index (χ3n) is 2.99. The van der Waals surface area contributed by atoms with E-state index in [4.69, 9.17) is 25.8 Å². The number of hydrogen-bond donors (Lipinski definition) is 1. The molecule has 0 heterocycles. The van der Waals surface area contributed by atoms with E-state index in [0.29, 0.717) is 34.6 Å². The van der Waals surface area contributed by atoms with Crippen LogP contribution >= 0.6 is 11.6 Å². The number of para-hydroxylation sites is 1. The molecule has 2 rings (SSSR count). The van der Waals surface area contributed by atoms with E-state index in [-0.39, 0.29) is 0 Å². The predicted octanol–water partition coefficient (Wildman–Crippen LogP) is 3.87. The number of hydrogen-bond acceptors (Lipinski definition) is 4. The van der Waals surface area contributed by atoms with Gasteiger partial charge in [-0.15, -0.1) is 0 Å². The molecule has 0 aromatic heterocycles. The average molecular weight is 308 g/mol. The van der Waals surface area contributed by atoms with Crippen molar-refractivity contribution in [1.29, 1.82) is 0 Å². The van der Waals surface area contributed by atoms with Crippen LogP contribution in [0.3, 0.4) is 0 Å². The van der Waals surface area contributed by atoms with E-state index in [1.54, 1.807) is 20.3 Å². The van der Waals surface area contributed by atoms with Gasteiger partial charge in [0.2, 0.25) is 5.75 Å². The minimum absolute atomic E-state index is 0.528. The van der Waals surface area contributed by atoms with E-state index >= 15 is 0 Å². The molecule has 2 aromatic carbocycles. The molecule has 112 valence electrons. The molecule has 0 unspecified atom stereocenters. The van der Waals surface area contributed by atoms with E-state index < -0.39 is 0 Å². The van der Waals surface area contributed by atoms with Crippen molar-refractivity contribution >= 4 is 11.6 Å². The first-order valence-corrected chi connectivity index (χ1v) is 6.89. The zero-order valence-corrected chi connectivity index (χ0v) is 13.0. The van der Waals surface area contributed by atoms with Gasteiger partial charge in [-0.1, -0.05) is 23.7 Å². The molecule has 0 amide bonds. The summed E-state index contributed by atoms with van der Waals surface area (Å²) in [5.74, 6) is 2.36. The Morgan fingerprint density at radius 2 is 1.71 bits per heavy atom. The number of rotatable bonds is 6. The van der Waals surface area contributed by atoms with E-state index in [1.165, 1.54) is 0 Å². The van der Waals surface area contributed by atoms with Crippen molar-refractivity contribution in [1.82, 2.24) is 5.32 Å². The van der Waals surface area contributed by atoms with Crippen molar-refractivity contribution < 1.29 is 14.2 Å². The topological polar surface area (TPSA) is 39.7 Å². The van der Waals surface area contributed by atoms with Crippen molar-refractivity contribution in [2.24, 2.45) is 0 Å². The van der Waals surface area contributed by atoms with Gasteiger partial charge in [0.05, 0.1) is 14.2 Å². The molecule has 0 aliphatic rings. The quantitative estimate of drug-likeness (QED) is 0.879. The van der Waals surface area contributed by atoms with Gasteiger partial charge < -0.3 is 19.5 Å². The third kappa shape index (κ3) is 3.60. The summed E-state index contributed by atoms with van der Waals surface area (Å²) >= 11 is 6.24. The van der Waals surface area contributed by atoms with Crippen LogP contribution in [0.15, 0.2) is 36.4 Å². The summed E-state index contributed by atoms with van der Waals surface area (Å²) < 4.78 is 16.5. The zero-order valence-electron chi connectivity index (χ0n) is 12.3. The van der Waals surface area contributed by atoms with Crippen LogP contribution in [0.25, 0.3) is 0 Å². The Labute approximate surface area is 129 Å². The summed E-state index contributed by atoms with van der Waals surface area (Å²) in [6.07, 6.45) is 0. The minimum atomic E-state index is 0.528. The summed E-state index contributed by atoms with van der Waals surface area (Å²) in [6, 6.07) is 11.0. The van der Waals surface area contributed by atoms with Gasteiger partial charge in [0.1, 0.15) is 5.75 Å². The molecule has 0 saturated carbocycles. The standard InChI is InChI=1S/C16H18ClNO3/c1-18-10-11-7-8-12(9-13(11)17)21-16-14(19-2)5-4-6-15(16)20-3/h4-9,18H,10H2,1-3H3. The second-order valence-corrected chi connectivity index (χ2v) is 4.78. The third-order valence-corrected chi connectivity index (χ3v) is 3.35. The maximum absolute atomic E-state index is 6.24. The lowest BCUT2D eigenvalue weighted by Gasteiger charge is -2.14. The number of halogens is 1. The SMILES string of the molecule is CNCc1ccc(Oc2c(OC)cccc2OC)cc1Cl. The van der Waals surface area contributed by atoms with Crippen LogP contribution < -0.4 is 19.5 Å². The lowest BCUT2D eigenvalue weighted by atomic mass is 10.2. The van der Waals surface area contributed by atoms with E-state index in [1.807, 2.05) is 37.4 Å². The highest BCUT2D eigenvalue weighted by atomic mass is 35.5. The van der Waals surface area contributed by atoms with Crippen molar-refractivity contribution in [3.05, 3.63) is 47.0 Å². The number of benzene rings is 2. The lowest BCUT2D eigenvalue weighted by Crippen LogP contribution is -2.05. The molecular formula is C16H18ClNO3. The normalized spacial score (nSPS) is 10.3. The van der Waals surface area contributed by atoms with Gasteiger partial charge in [0.15, 0.2) is 11.5 Å². The van der Waals surface area contributed by atoms with Gasteiger partial charge in [0, 0.05) is 11.6 Å². The lowest BCUT2D eigenvalue weighted by molar-refractivity contribution is 0.346. The van der Waals surface area contributed by atoms with E-state index in [9.17, 15) is 0 Å². The summed E-state index contributed by atoms with van der Waals surface area (Å²) in [7, 11) is 5.05. The van der Waals surface area contributed by atoms with Gasteiger partial charge in [-0.05, 0) is 36.9 Å². The van der Waals surface area contributed by atoms with Crippen molar-refractivity contribution in [3.63, 3.8) is 0 Å². The van der Waals surface area contributed by atoms with Crippen molar-refractivity contribution in [2.75, 3.05) is 21.3 Å². The second-order valence-electron chi connectivity index (χ2n) is 4.38. The fourth-order valence-corrected chi connectivity index (χ4v) is 2.20. The second kappa shape index (κ2) is 7.20. The molecule has 0 saturated heterocycles. The zero-order chi connectivity index (χ0) is 15.2. The number of methoxy groups -OCH3 is 2. The molecule has 1 N–H and O–H groups in total. The van der Waals surface area contributed by atoms with E-state index in [2.05, 4.69) is 5.32 Å². The minimum Gasteiger partial charge on any atom is -0.493 e. The van der Waals surface area contributed by atoms with Gasteiger partial charge in [-0.2, -0.15) is 0 Å². The van der Waals surface area contributed by atoms with Gasteiger partial charge >= 0.3 is 0 Å². The molecule has 2 aromatic rings. The molecule has 5 heteroatoms. The Bertz CT molecular complexity index is 594. The number of nitrogens with one attached hydrogen (secondary N) is 1. The summed E-state index contributed by atoms with van der Waals surface area (Å²) in [6.45, 7) is 0.705. The van der Waals surface area contributed by atoms with Crippen molar-refractivity contribution in [3.8, 4) is 23.0 Å². The Balaban J connectivity index is 2.32. The molecule has 4 nitrogen and oxygen atoms in total. The fraction of sp³-hybridized carbons (Fsp3) is 0.250. The summed E-state index contributed by atoms with van der Waals surface area (Å²) in [5.41, 5.74) is 1.01. The molecule has 21 heavy (non-hydrogen) atoms. The monoisotopic (exact) mass is 307 g/mol. The first kappa shape index (κ1) is 15.5. The van der Waals surface area contributed by atoms with Gasteiger partial charge in [-0.25, -0.2) is 0 Å². The Morgan fingerprint density at radius 1 is 1.05 bits per heavy atom. The molecule has 0 atom stereocenters. The van der Waals surface area contributed by atoms with Crippen LogP contribution in [0.4, 0.5) is 0 Å². The van der Waals surface area contributed by atoms with E-state index in [0.717, 1.165) is 5.56 Å². The van der Waals surface area contributed by atoms with Crippen LogP contribution in [-0.4, -0.2) is 21.3 Å². The molecule has 0 aliphatic carbocycles. The van der Waals surface area contributed by atoms with Crippen molar-refractivity contribution in [2.45, 2.75) is 6.54 Å². The fourth-order valence-electron chi connectivity index (χ4n) is 1.96. The largest absolute Gasteiger partial charge is 0.493 e. The van der Waals surface area contributed by atoms with Gasteiger partial charge in [-0.3, -0.25) is 0 Å². The maximum atomic E-state index is 6.24. The molecule has 0 aliphatic heterocycles. The molecule has 0 bridgehead atoms. The Hall–Kier alpha value is -1.91. The molecular weight excluding hydrogens is 290 g/mol.